The molecule has 2 amide bonds. The Morgan fingerprint density at radius 3 is 2.69 bits per heavy atom. The molecule has 2 heterocycles. The molecule has 9 heteroatoms. The molecule has 2 aromatic heterocycles. The molecule has 2 N–H and O–H groups in total. The van der Waals surface area contributed by atoms with E-state index in [4.69, 9.17) is 4.42 Å². The van der Waals surface area contributed by atoms with Crippen molar-refractivity contribution in [3.63, 3.8) is 0 Å². The Labute approximate surface area is 187 Å². The van der Waals surface area contributed by atoms with Gasteiger partial charge < -0.3 is 15.1 Å². The third-order valence-corrected chi connectivity index (χ3v) is 5.25. The van der Waals surface area contributed by atoms with Gasteiger partial charge in [0.05, 0.1) is 11.9 Å². The van der Waals surface area contributed by atoms with Gasteiger partial charge >= 0.3 is 0 Å². The van der Waals surface area contributed by atoms with E-state index in [-0.39, 0.29) is 23.8 Å². The van der Waals surface area contributed by atoms with Crippen molar-refractivity contribution < 1.29 is 18.4 Å². The number of nitrogens with zero attached hydrogens (tertiary/aromatic N) is 2. The zero-order valence-corrected chi connectivity index (χ0v) is 17.9. The van der Waals surface area contributed by atoms with Crippen LogP contribution >= 0.6 is 11.3 Å². The predicted molar refractivity (Wildman–Crippen MR) is 121 cm³/mol. The molecule has 0 fully saturated rings. The van der Waals surface area contributed by atoms with Crippen LogP contribution in [0.1, 0.15) is 19.2 Å². The Balaban J connectivity index is 1.34. The first-order valence-corrected chi connectivity index (χ1v) is 10.7. The van der Waals surface area contributed by atoms with E-state index in [0.717, 1.165) is 5.56 Å². The maximum Gasteiger partial charge on any atom is 0.226 e. The van der Waals surface area contributed by atoms with Crippen LogP contribution in [0, 0.1) is 5.82 Å². The van der Waals surface area contributed by atoms with Gasteiger partial charge in [0.2, 0.25) is 11.8 Å². The second-order valence-electron chi connectivity index (χ2n) is 6.95. The van der Waals surface area contributed by atoms with Crippen LogP contribution in [-0.2, 0) is 16.0 Å². The van der Waals surface area contributed by atoms with Crippen LogP contribution in [0.25, 0.3) is 22.6 Å². The van der Waals surface area contributed by atoms with Crippen molar-refractivity contribution >= 4 is 34.0 Å². The Bertz CT molecular complexity index is 1250. The topological polar surface area (TPSA) is 97.1 Å². The number of thiazole rings is 1. The minimum atomic E-state index is -0.516. The fourth-order valence-electron chi connectivity index (χ4n) is 3.02. The number of hydrogen-bond acceptors (Lipinski definition) is 6. The van der Waals surface area contributed by atoms with Gasteiger partial charge in [-0.3, -0.25) is 9.59 Å². The fraction of sp³-hybridized carbons (Fsp3) is 0.130. The number of halogens is 1. The molecule has 0 saturated heterocycles. The van der Waals surface area contributed by atoms with E-state index in [9.17, 15) is 14.0 Å². The molecule has 7 nitrogen and oxygen atoms in total. The van der Waals surface area contributed by atoms with E-state index in [1.165, 1.54) is 30.4 Å². The minimum Gasteiger partial charge on any atom is -0.441 e. The van der Waals surface area contributed by atoms with Crippen molar-refractivity contribution in [2.24, 2.45) is 0 Å². The van der Waals surface area contributed by atoms with Crippen molar-refractivity contribution in [3.8, 4) is 22.6 Å². The highest BCUT2D eigenvalue weighted by molar-refractivity contribution is 7.14. The quantitative estimate of drug-likeness (QED) is 0.407. The van der Waals surface area contributed by atoms with Gasteiger partial charge in [-0.15, -0.1) is 11.3 Å². The number of rotatable bonds is 7. The molecule has 0 saturated carbocycles. The lowest BCUT2D eigenvalue weighted by molar-refractivity contribution is -0.116. The summed E-state index contributed by atoms with van der Waals surface area (Å²) in [5, 5.41) is 7.27. The lowest BCUT2D eigenvalue weighted by atomic mass is 10.1. The van der Waals surface area contributed by atoms with Gasteiger partial charge in [0.25, 0.3) is 0 Å². The number of aromatic nitrogens is 2. The van der Waals surface area contributed by atoms with Crippen LogP contribution in [0.3, 0.4) is 0 Å². The summed E-state index contributed by atoms with van der Waals surface area (Å²) < 4.78 is 20.1. The lowest BCUT2D eigenvalue weighted by Crippen LogP contribution is -2.12. The van der Waals surface area contributed by atoms with Crippen molar-refractivity contribution in [2.75, 3.05) is 10.6 Å². The number of oxazole rings is 1. The summed E-state index contributed by atoms with van der Waals surface area (Å²) in [6, 6.07) is 14.0. The smallest absolute Gasteiger partial charge is 0.226 e. The number of carbonyl (C=O) groups is 2. The monoisotopic (exact) mass is 450 g/mol. The Hall–Kier alpha value is -3.85. The number of benzene rings is 2. The normalized spacial score (nSPS) is 10.7. The third kappa shape index (κ3) is 5.25. The van der Waals surface area contributed by atoms with Crippen LogP contribution in [-0.4, -0.2) is 21.8 Å². The molecule has 0 aliphatic heterocycles. The maximum atomic E-state index is 14.4. The zero-order chi connectivity index (χ0) is 22.5. The Morgan fingerprint density at radius 1 is 1.12 bits per heavy atom. The summed E-state index contributed by atoms with van der Waals surface area (Å²) in [6.45, 7) is 1.35. The van der Waals surface area contributed by atoms with Crippen molar-refractivity contribution in [2.45, 2.75) is 19.8 Å². The standard InChI is InChI=1S/C23H19FN4O3S/c1-14(29)26-16-7-8-17(18(24)11-16)19-13-32-23(27-19)28-21(30)9-10-22-25-12-20(31-22)15-5-3-2-4-6-15/h2-8,11-13H,9-10H2,1H3,(H,26,29)(H,27,28,30). The van der Waals surface area contributed by atoms with Crippen molar-refractivity contribution in [1.82, 2.24) is 9.97 Å². The molecule has 0 unspecified atom stereocenters. The number of aryl methyl sites for hydroxylation is 1. The summed E-state index contributed by atoms with van der Waals surface area (Å²) in [6.07, 6.45) is 2.15. The molecule has 0 spiro atoms. The number of carbonyl (C=O) groups excluding carboxylic acids is 2. The van der Waals surface area contributed by atoms with Gasteiger partial charge in [0, 0.05) is 42.0 Å². The van der Waals surface area contributed by atoms with E-state index in [1.54, 1.807) is 17.6 Å². The molecule has 2 aromatic carbocycles. The first-order valence-electron chi connectivity index (χ1n) is 9.81. The van der Waals surface area contributed by atoms with Crippen LogP contribution < -0.4 is 10.6 Å². The highest BCUT2D eigenvalue weighted by Crippen LogP contribution is 2.29. The van der Waals surface area contributed by atoms with Crippen LogP contribution in [0.15, 0.2) is 64.5 Å². The van der Waals surface area contributed by atoms with Gasteiger partial charge in [-0.2, -0.15) is 0 Å². The first-order chi connectivity index (χ1) is 15.5. The Morgan fingerprint density at radius 2 is 1.94 bits per heavy atom. The average molecular weight is 450 g/mol. The summed E-state index contributed by atoms with van der Waals surface area (Å²) in [5.74, 6) is 0.0820. The van der Waals surface area contributed by atoms with E-state index in [2.05, 4.69) is 20.6 Å². The highest BCUT2D eigenvalue weighted by atomic mass is 32.1. The largest absolute Gasteiger partial charge is 0.441 e. The molecule has 0 aliphatic carbocycles. The number of anilines is 2. The molecule has 0 aliphatic rings. The number of amides is 2. The van der Waals surface area contributed by atoms with Gasteiger partial charge in [-0.05, 0) is 18.2 Å². The molecule has 4 rings (SSSR count). The van der Waals surface area contributed by atoms with Gasteiger partial charge in [0.1, 0.15) is 5.82 Å². The minimum absolute atomic E-state index is 0.170. The third-order valence-electron chi connectivity index (χ3n) is 4.49. The fourth-order valence-corrected chi connectivity index (χ4v) is 3.75. The van der Waals surface area contributed by atoms with Crippen LogP contribution in [0.5, 0.6) is 0 Å². The van der Waals surface area contributed by atoms with E-state index in [0.29, 0.717) is 34.6 Å². The average Bonchev–Trinajstić information content (AvgIpc) is 3.42. The second kappa shape index (κ2) is 9.52. The van der Waals surface area contributed by atoms with Gasteiger partial charge in [-0.1, -0.05) is 30.3 Å². The molecule has 32 heavy (non-hydrogen) atoms. The van der Waals surface area contributed by atoms with E-state index in [1.807, 2.05) is 30.3 Å². The van der Waals surface area contributed by atoms with Crippen LogP contribution in [0.4, 0.5) is 15.2 Å². The summed E-state index contributed by atoms with van der Waals surface area (Å²) in [4.78, 5) is 31.9. The molecular weight excluding hydrogens is 431 g/mol. The zero-order valence-electron chi connectivity index (χ0n) is 17.1. The van der Waals surface area contributed by atoms with Crippen LogP contribution in [0.2, 0.25) is 0 Å². The number of nitrogens with one attached hydrogen (secondary N) is 2. The number of hydrogen-bond donors (Lipinski definition) is 2. The molecular formula is C23H19FN4O3S. The van der Waals surface area contributed by atoms with Crippen molar-refractivity contribution in [3.05, 3.63) is 71.8 Å². The highest BCUT2D eigenvalue weighted by Gasteiger charge is 2.13. The predicted octanol–water partition coefficient (Wildman–Crippen LogP) is 5.13. The summed E-state index contributed by atoms with van der Waals surface area (Å²) in [7, 11) is 0. The molecule has 162 valence electrons. The molecule has 0 atom stereocenters. The van der Waals surface area contributed by atoms with E-state index >= 15 is 0 Å². The van der Waals surface area contributed by atoms with E-state index < -0.39 is 5.82 Å². The molecule has 4 aromatic rings. The molecule has 0 radical (unpaired) electrons. The Kier molecular flexibility index (Phi) is 6.37. The maximum absolute atomic E-state index is 14.4. The first kappa shape index (κ1) is 21.4. The van der Waals surface area contributed by atoms with Gasteiger partial charge in [-0.25, -0.2) is 14.4 Å². The van der Waals surface area contributed by atoms with Gasteiger partial charge in [0.15, 0.2) is 16.8 Å². The van der Waals surface area contributed by atoms with Crippen molar-refractivity contribution in [1.29, 1.82) is 0 Å². The SMILES string of the molecule is CC(=O)Nc1ccc(-c2csc(NC(=O)CCc3ncc(-c4ccccc4)o3)n2)c(F)c1. The molecule has 0 bridgehead atoms. The second-order valence-corrected chi connectivity index (χ2v) is 7.80. The summed E-state index contributed by atoms with van der Waals surface area (Å²) in [5.41, 5.74) is 1.97. The lowest BCUT2D eigenvalue weighted by Gasteiger charge is -2.05. The summed E-state index contributed by atoms with van der Waals surface area (Å²) >= 11 is 1.20.